The van der Waals surface area contributed by atoms with Gasteiger partial charge in [-0.1, -0.05) is 27.7 Å². The van der Waals surface area contributed by atoms with Crippen molar-refractivity contribution in [1.82, 2.24) is 9.36 Å². The summed E-state index contributed by atoms with van der Waals surface area (Å²) >= 11 is 1.43. The van der Waals surface area contributed by atoms with Crippen LogP contribution in [-0.2, 0) is 9.53 Å². The van der Waals surface area contributed by atoms with Crippen LogP contribution in [0.25, 0.3) is 0 Å². The molecule has 1 aromatic heterocycles. The van der Waals surface area contributed by atoms with E-state index in [-0.39, 0.29) is 11.9 Å². The monoisotopic (exact) mass is 311 g/mol. The van der Waals surface area contributed by atoms with Crippen LogP contribution >= 0.6 is 11.5 Å². The predicted molar refractivity (Wildman–Crippen MR) is 84.7 cm³/mol. The molecule has 118 valence electrons. The van der Waals surface area contributed by atoms with Gasteiger partial charge in [-0.05, 0) is 19.3 Å². The van der Waals surface area contributed by atoms with E-state index in [0.29, 0.717) is 19.1 Å². The number of anilines is 1. The molecule has 0 spiro atoms. The van der Waals surface area contributed by atoms with Gasteiger partial charge in [0.2, 0.25) is 5.13 Å². The van der Waals surface area contributed by atoms with Crippen LogP contribution in [0.2, 0.25) is 0 Å². The van der Waals surface area contributed by atoms with Gasteiger partial charge < -0.3 is 9.64 Å². The van der Waals surface area contributed by atoms with Gasteiger partial charge in [-0.2, -0.15) is 4.37 Å². The van der Waals surface area contributed by atoms with Crippen molar-refractivity contribution in [3.63, 3.8) is 0 Å². The lowest BCUT2D eigenvalue weighted by Crippen LogP contribution is -2.40. The molecular formula is C15H25N3O2S. The SMILES string of the molecule is CCOC(=O)C1(C(C)C)CCN(c2nc(C(C)C)ns2)C1. The molecule has 0 amide bonds. The second kappa shape index (κ2) is 6.30. The van der Waals surface area contributed by atoms with E-state index in [2.05, 4.69) is 42.0 Å². The Labute approximate surface area is 130 Å². The molecule has 0 bridgehead atoms. The summed E-state index contributed by atoms with van der Waals surface area (Å²) in [4.78, 5) is 19.2. The number of rotatable bonds is 5. The highest BCUT2D eigenvalue weighted by atomic mass is 32.1. The van der Waals surface area contributed by atoms with Gasteiger partial charge in [0, 0.05) is 30.5 Å². The first-order valence-electron chi connectivity index (χ1n) is 7.66. The van der Waals surface area contributed by atoms with Gasteiger partial charge >= 0.3 is 5.97 Å². The fourth-order valence-electron chi connectivity index (χ4n) is 2.73. The molecule has 1 aliphatic rings. The van der Waals surface area contributed by atoms with Gasteiger partial charge in [-0.3, -0.25) is 4.79 Å². The van der Waals surface area contributed by atoms with E-state index < -0.39 is 5.41 Å². The highest BCUT2D eigenvalue weighted by molar-refractivity contribution is 7.09. The minimum atomic E-state index is -0.417. The Morgan fingerprint density at radius 2 is 2.14 bits per heavy atom. The van der Waals surface area contributed by atoms with Crippen molar-refractivity contribution in [3.05, 3.63) is 5.82 Å². The molecule has 6 heteroatoms. The maximum Gasteiger partial charge on any atom is 0.314 e. The van der Waals surface area contributed by atoms with E-state index in [4.69, 9.17) is 4.74 Å². The Morgan fingerprint density at radius 3 is 2.67 bits per heavy atom. The van der Waals surface area contributed by atoms with Gasteiger partial charge in [-0.25, -0.2) is 4.98 Å². The zero-order valence-corrected chi connectivity index (χ0v) is 14.4. The summed E-state index contributed by atoms with van der Waals surface area (Å²) in [6.45, 7) is 12.2. The molecule has 2 heterocycles. The number of hydrogen-bond acceptors (Lipinski definition) is 6. The maximum atomic E-state index is 12.4. The van der Waals surface area contributed by atoms with Crippen LogP contribution in [0.15, 0.2) is 0 Å². The van der Waals surface area contributed by atoms with E-state index in [1.54, 1.807) is 0 Å². The minimum absolute atomic E-state index is 0.0731. The molecular weight excluding hydrogens is 286 g/mol. The van der Waals surface area contributed by atoms with Crippen molar-refractivity contribution in [1.29, 1.82) is 0 Å². The van der Waals surface area contributed by atoms with Crippen LogP contribution in [0.4, 0.5) is 5.13 Å². The van der Waals surface area contributed by atoms with E-state index in [0.717, 1.165) is 23.9 Å². The van der Waals surface area contributed by atoms with E-state index >= 15 is 0 Å². The third-order valence-corrected chi connectivity index (χ3v) is 5.10. The summed E-state index contributed by atoms with van der Waals surface area (Å²) in [6.07, 6.45) is 0.820. The molecule has 5 nitrogen and oxygen atoms in total. The van der Waals surface area contributed by atoms with Crippen molar-refractivity contribution < 1.29 is 9.53 Å². The summed E-state index contributed by atoms with van der Waals surface area (Å²) in [5.41, 5.74) is -0.417. The molecule has 0 aromatic carbocycles. The summed E-state index contributed by atoms with van der Waals surface area (Å²) in [5.74, 6) is 1.39. The minimum Gasteiger partial charge on any atom is -0.466 e. The number of ether oxygens (including phenoxy) is 1. The maximum absolute atomic E-state index is 12.4. The molecule has 1 aromatic rings. The van der Waals surface area contributed by atoms with Crippen molar-refractivity contribution in [2.45, 2.75) is 47.0 Å². The second-order valence-electron chi connectivity index (χ2n) is 6.29. The Morgan fingerprint density at radius 1 is 1.43 bits per heavy atom. The van der Waals surface area contributed by atoms with Gasteiger partial charge in [0.05, 0.1) is 12.0 Å². The lowest BCUT2D eigenvalue weighted by atomic mass is 9.76. The highest BCUT2D eigenvalue weighted by Gasteiger charge is 2.49. The third kappa shape index (κ3) is 3.05. The first kappa shape index (κ1) is 16.2. The molecule has 1 atom stereocenters. The van der Waals surface area contributed by atoms with Gasteiger partial charge in [0.15, 0.2) is 0 Å². The molecule has 1 saturated heterocycles. The molecule has 1 unspecified atom stereocenters. The van der Waals surface area contributed by atoms with Crippen LogP contribution in [0.1, 0.15) is 52.8 Å². The Bertz CT molecular complexity index is 501. The lowest BCUT2D eigenvalue weighted by molar-refractivity contribution is -0.156. The van der Waals surface area contributed by atoms with E-state index in [1.807, 2.05) is 6.92 Å². The normalized spacial score (nSPS) is 22.3. The number of carbonyl (C=O) groups is 1. The van der Waals surface area contributed by atoms with Crippen molar-refractivity contribution in [2.24, 2.45) is 11.3 Å². The fraction of sp³-hybridized carbons (Fsp3) is 0.800. The summed E-state index contributed by atoms with van der Waals surface area (Å²) < 4.78 is 9.73. The summed E-state index contributed by atoms with van der Waals surface area (Å²) in [7, 11) is 0. The molecule has 1 aliphatic heterocycles. The first-order valence-corrected chi connectivity index (χ1v) is 8.43. The van der Waals surface area contributed by atoms with Crippen LogP contribution in [0.5, 0.6) is 0 Å². The van der Waals surface area contributed by atoms with Crippen LogP contribution in [0, 0.1) is 11.3 Å². The average Bonchev–Trinajstić information content (AvgIpc) is 3.06. The number of carbonyl (C=O) groups excluding carboxylic acids is 1. The lowest BCUT2D eigenvalue weighted by Gasteiger charge is -2.30. The molecule has 0 aliphatic carbocycles. The van der Waals surface area contributed by atoms with Crippen LogP contribution in [0.3, 0.4) is 0 Å². The molecule has 2 rings (SSSR count). The summed E-state index contributed by atoms with van der Waals surface area (Å²) in [5, 5.41) is 0.922. The van der Waals surface area contributed by atoms with Gasteiger partial charge in [0.1, 0.15) is 5.82 Å². The number of nitrogens with zero attached hydrogens (tertiary/aromatic N) is 3. The Balaban J connectivity index is 2.17. The van der Waals surface area contributed by atoms with Gasteiger partial charge in [-0.15, -0.1) is 0 Å². The fourth-order valence-corrected chi connectivity index (χ4v) is 3.57. The topological polar surface area (TPSA) is 55.3 Å². The zero-order chi connectivity index (χ0) is 15.6. The standard InChI is InChI=1S/C15H25N3O2S/c1-6-20-13(19)15(11(4)5)7-8-18(9-15)14-16-12(10(2)3)17-21-14/h10-11H,6-9H2,1-5H3. The molecule has 0 radical (unpaired) electrons. The molecule has 1 fully saturated rings. The Kier molecular flexibility index (Phi) is 4.86. The van der Waals surface area contributed by atoms with Crippen molar-refractivity contribution >= 4 is 22.6 Å². The molecule has 0 saturated carbocycles. The largest absolute Gasteiger partial charge is 0.466 e. The number of hydrogen-bond donors (Lipinski definition) is 0. The Hall–Kier alpha value is -1.17. The quantitative estimate of drug-likeness (QED) is 0.782. The molecule has 0 N–H and O–H groups in total. The predicted octanol–water partition coefficient (Wildman–Crippen LogP) is 3.08. The third-order valence-electron chi connectivity index (χ3n) is 4.31. The molecule has 21 heavy (non-hydrogen) atoms. The zero-order valence-electron chi connectivity index (χ0n) is 13.5. The smallest absolute Gasteiger partial charge is 0.314 e. The van der Waals surface area contributed by atoms with Gasteiger partial charge in [0.25, 0.3) is 0 Å². The van der Waals surface area contributed by atoms with Crippen LogP contribution < -0.4 is 4.90 Å². The summed E-state index contributed by atoms with van der Waals surface area (Å²) in [6, 6.07) is 0. The van der Waals surface area contributed by atoms with E-state index in [9.17, 15) is 4.79 Å². The number of aromatic nitrogens is 2. The number of esters is 1. The van der Waals surface area contributed by atoms with Crippen molar-refractivity contribution in [3.8, 4) is 0 Å². The first-order chi connectivity index (χ1) is 9.90. The van der Waals surface area contributed by atoms with Crippen LogP contribution in [-0.4, -0.2) is 35.0 Å². The highest BCUT2D eigenvalue weighted by Crippen LogP contribution is 2.41. The van der Waals surface area contributed by atoms with Crippen molar-refractivity contribution in [2.75, 3.05) is 24.6 Å². The second-order valence-corrected chi connectivity index (χ2v) is 7.02. The average molecular weight is 311 g/mol. The van der Waals surface area contributed by atoms with E-state index in [1.165, 1.54) is 11.5 Å².